The van der Waals surface area contributed by atoms with Crippen LogP contribution < -0.4 is 0 Å². The van der Waals surface area contributed by atoms with Gasteiger partial charge in [0.15, 0.2) is 0 Å². The molecule has 7 heteroatoms. The van der Waals surface area contributed by atoms with E-state index < -0.39 is 28.7 Å². The predicted octanol–water partition coefficient (Wildman–Crippen LogP) is 0.463. The molecule has 15 heavy (non-hydrogen) atoms. The molecular formula is C8H13NO6. The molecule has 1 aliphatic rings. The van der Waals surface area contributed by atoms with Crippen LogP contribution in [-0.4, -0.2) is 35.5 Å². The molecule has 1 saturated carbocycles. The molecule has 0 amide bonds. The van der Waals surface area contributed by atoms with Crippen LogP contribution in [0.15, 0.2) is 0 Å². The molecule has 0 aliphatic heterocycles. The van der Waals surface area contributed by atoms with Crippen molar-refractivity contribution in [2.75, 3.05) is 7.11 Å². The van der Waals surface area contributed by atoms with Gasteiger partial charge in [-0.15, -0.1) is 10.1 Å². The summed E-state index contributed by atoms with van der Waals surface area (Å²) >= 11 is 0. The van der Waals surface area contributed by atoms with Crippen LogP contribution in [0.4, 0.5) is 0 Å². The minimum Gasteiger partial charge on any atom is -0.481 e. The summed E-state index contributed by atoms with van der Waals surface area (Å²) in [6, 6.07) is 0. The van der Waals surface area contributed by atoms with Crippen LogP contribution in [0, 0.1) is 15.5 Å². The molecule has 1 rings (SSSR count). The maximum absolute atomic E-state index is 10.9. The number of carboxylic acid groups (broad SMARTS) is 1. The smallest absolute Gasteiger partial charge is 0.309 e. The Morgan fingerprint density at radius 1 is 1.53 bits per heavy atom. The third-order valence-corrected chi connectivity index (χ3v) is 2.76. The Hall–Kier alpha value is -1.37. The second-order valence-corrected chi connectivity index (χ2v) is 3.92. The van der Waals surface area contributed by atoms with Crippen molar-refractivity contribution in [3.63, 3.8) is 0 Å². The normalized spacial score (nSPS) is 35.1. The fraction of sp³-hybridized carbons (Fsp3) is 0.875. The molecule has 0 saturated heterocycles. The summed E-state index contributed by atoms with van der Waals surface area (Å²) in [5, 5.41) is 18.2. The van der Waals surface area contributed by atoms with Gasteiger partial charge < -0.3 is 14.7 Å². The van der Waals surface area contributed by atoms with Crippen molar-refractivity contribution in [1.29, 1.82) is 0 Å². The minimum atomic E-state index is -1.01. The first kappa shape index (κ1) is 11.7. The average molecular weight is 219 g/mol. The highest BCUT2D eigenvalue weighted by atomic mass is 17.0. The van der Waals surface area contributed by atoms with Crippen molar-refractivity contribution in [3.05, 3.63) is 10.1 Å². The fourth-order valence-electron chi connectivity index (χ4n) is 1.86. The summed E-state index contributed by atoms with van der Waals surface area (Å²) in [6.07, 6.45) is -1.04. The second kappa shape index (κ2) is 4.01. The fourth-order valence-corrected chi connectivity index (χ4v) is 1.86. The van der Waals surface area contributed by atoms with Crippen molar-refractivity contribution >= 4 is 5.97 Å². The first-order valence-electron chi connectivity index (χ1n) is 4.46. The van der Waals surface area contributed by atoms with E-state index in [4.69, 9.17) is 9.84 Å². The molecule has 0 heterocycles. The molecule has 7 nitrogen and oxygen atoms in total. The summed E-state index contributed by atoms with van der Waals surface area (Å²) in [6.45, 7) is 1.53. The number of carboxylic acids is 1. The lowest BCUT2D eigenvalue weighted by atomic mass is 9.89. The van der Waals surface area contributed by atoms with Gasteiger partial charge in [-0.25, -0.2) is 0 Å². The molecular weight excluding hydrogens is 206 g/mol. The molecule has 0 aromatic heterocycles. The number of rotatable bonds is 4. The standard InChI is InChI=1S/C8H13NO6/c1-8(7(10)11)3-5(14-2)6(4-8)15-9(12)13/h5-6H,3-4H2,1-2H3,(H,10,11). The van der Waals surface area contributed by atoms with Gasteiger partial charge in [0, 0.05) is 7.11 Å². The zero-order valence-corrected chi connectivity index (χ0v) is 8.50. The molecule has 0 radical (unpaired) electrons. The maximum Gasteiger partial charge on any atom is 0.309 e. The highest BCUT2D eigenvalue weighted by Crippen LogP contribution is 2.40. The molecule has 1 N–H and O–H groups in total. The van der Waals surface area contributed by atoms with Gasteiger partial charge in [0.2, 0.25) is 0 Å². The van der Waals surface area contributed by atoms with E-state index in [9.17, 15) is 14.9 Å². The number of aliphatic carboxylic acids is 1. The molecule has 0 aromatic carbocycles. The van der Waals surface area contributed by atoms with Gasteiger partial charge >= 0.3 is 5.97 Å². The Morgan fingerprint density at radius 3 is 2.47 bits per heavy atom. The molecule has 3 unspecified atom stereocenters. The predicted molar refractivity (Wildman–Crippen MR) is 47.6 cm³/mol. The van der Waals surface area contributed by atoms with Crippen LogP contribution in [0.1, 0.15) is 19.8 Å². The quantitative estimate of drug-likeness (QED) is 0.544. The van der Waals surface area contributed by atoms with E-state index in [2.05, 4.69) is 4.84 Å². The Balaban J connectivity index is 2.74. The third-order valence-electron chi connectivity index (χ3n) is 2.76. The maximum atomic E-state index is 10.9. The van der Waals surface area contributed by atoms with E-state index in [-0.39, 0.29) is 12.8 Å². The van der Waals surface area contributed by atoms with E-state index in [1.165, 1.54) is 14.0 Å². The SMILES string of the molecule is COC1CC(C)(C(=O)O)CC1O[N+](=O)[O-]. The Labute approximate surface area is 86.1 Å². The van der Waals surface area contributed by atoms with Crippen LogP contribution in [-0.2, 0) is 14.4 Å². The number of nitrogens with zero attached hydrogens (tertiary/aromatic N) is 1. The number of methoxy groups -OCH3 is 1. The van der Waals surface area contributed by atoms with Crippen molar-refractivity contribution in [1.82, 2.24) is 0 Å². The van der Waals surface area contributed by atoms with Gasteiger partial charge in [-0.3, -0.25) is 4.79 Å². The molecule has 86 valence electrons. The Bertz CT molecular complexity index is 280. The molecule has 1 aliphatic carbocycles. The van der Waals surface area contributed by atoms with E-state index in [1.54, 1.807) is 0 Å². The summed E-state index contributed by atoms with van der Waals surface area (Å²) in [7, 11) is 1.38. The molecule has 1 fully saturated rings. The highest BCUT2D eigenvalue weighted by molar-refractivity contribution is 5.74. The van der Waals surface area contributed by atoms with Crippen LogP contribution in [0.5, 0.6) is 0 Å². The van der Waals surface area contributed by atoms with Gasteiger partial charge in [-0.05, 0) is 19.8 Å². The summed E-state index contributed by atoms with van der Waals surface area (Å²) in [5.41, 5.74) is -1.01. The van der Waals surface area contributed by atoms with Gasteiger partial charge in [0.25, 0.3) is 5.09 Å². The van der Waals surface area contributed by atoms with Crippen molar-refractivity contribution < 1.29 is 24.6 Å². The largest absolute Gasteiger partial charge is 0.481 e. The second-order valence-electron chi connectivity index (χ2n) is 3.92. The third kappa shape index (κ3) is 2.35. The number of hydrogen-bond acceptors (Lipinski definition) is 5. The summed E-state index contributed by atoms with van der Waals surface area (Å²) in [5.74, 6) is -0.987. The molecule has 0 spiro atoms. The van der Waals surface area contributed by atoms with E-state index in [0.29, 0.717) is 0 Å². The number of hydrogen-bond donors (Lipinski definition) is 1. The summed E-state index contributed by atoms with van der Waals surface area (Å²) in [4.78, 5) is 25.5. The zero-order valence-electron chi connectivity index (χ0n) is 8.50. The van der Waals surface area contributed by atoms with Gasteiger partial charge in [-0.1, -0.05) is 0 Å². The van der Waals surface area contributed by atoms with Crippen molar-refractivity contribution in [2.24, 2.45) is 5.41 Å². The van der Waals surface area contributed by atoms with E-state index in [1.807, 2.05) is 0 Å². The van der Waals surface area contributed by atoms with Crippen LogP contribution in [0.25, 0.3) is 0 Å². The van der Waals surface area contributed by atoms with Crippen molar-refractivity contribution in [3.8, 4) is 0 Å². The topological polar surface area (TPSA) is 98.9 Å². The van der Waals surface area contributed by atoms with Gasteiger partial charge in [-0.2, -0.15) is 0 Å². The lowest BCUT2D eigenvalue weighted by Crippen LogP contribution is -2.27. The van der Waals surface area contributed by atoms with E-state index in [0.717, 1.165) is 0 Å². The number of carbonyl (C=O) groups is 1. The van der Waals surface area contributed by atoms with E-state index >= 15 is 0 Å². The average Bonchev–Trinajstić information content (AvgIpc) is 2.43. The molecule has 0 bridgehead atoms. The lowest BCUT2D eigenvalue weighted by Gasteiger charge is -2.16. The van der Waals surface area contributed by atoms with Gasteiger partial charge in [0.05, 0.1) is 11.5 Å². The first-order chi connectivity index (χ1) is 6.89. The Kier molecular flexibility index (Phi) is 3.13. The highest BCUT2D eigenvalue weighted by Gasteiger charge is 2.49. The molecule has 3 atom stereocenters. The minimum absolute atomic E-state index is 0.0851. The Morgan fingerprint density at radius 2 is 2.07 bits per heavy atom. The zero-order chi connectivity index (χ0) is 11.6. The van der Waals surface area contributed by atoms with Crippen LogP contribution in [0.2, 0.25) is 0 Å². The van der Waals surface area contributed by atoms with Gasteiger partial charge in [0.1, 0.15) is 6.10 Å². The van der Waals surface area contributed by atoms with Crippen LogP contribution >= 0.6 is 0 Å². The molecule has 0 aromatic rings. The van der Waals surface area contributed by atoms with Crippen molar-refractivity contribution in [2.45, 2.75) is 32.0 Å². The monoisotopic (exact) mass is 219 g/mol. The number of ether oxygens (including phenoxy) is 1. The first-order valence-corrected chi connectivity index (χ1v) is 4.46. The summed E-state index contributed by atoms with van der Waals surface area (Å²) < 4.78 is 4.98. The van der Waals surface area contributed by atoms with Crippen LogP contribution in [0.3, 0.4) is 0 Å². The lowest BCUT2D eigenvalue weighted by molar-refractivity contribution is -0.770.